The maximum Gasteiger partial charge on any atom is 0.243 e. The lowest BCUT2D eigenvalue weighted by Crippen LogP contribution is -2.41. The second-order valence-corrected chi connectivity index (χ2v) is 8.99. The zero-order valence-electron chi connectivity index (χ0n) is 17.3. The van der Waals surface area contributed by atoms with Gasteiger partial charge in [0.05, 0.1) is 19.1 Å². The maximum atomic E-state index is 12.8. The molecular weight excluding hydrogens is 376 g/mol. The Bertz CT molecular complexity index is 947. The number of ether oxygens (including phenoxy) is 1. The van der Waals surface area contributed by atoms with E-state index < -0.39 is 10.0 Å². The van der Waals surface area contributed by atoms with Crippen molar-refractivity contribution in [2.75, 3.05) is 31.3 Å². The minimum atomic E-state index is -3.63. The first kappa shape index (κ1) is 21.8. The van der Waals surface area contributed by atoms with E-state index in [0.717, 1.165) is 28.5 Å². The highest BCUT2D eigenvalue weighted by Crippen LogP contribution is 2.28. The number of hydrogen-bond donors (Lipinski definition) is 0. The average molecular weight is 405 g/mol. The molecule has 0 saturated heterocycles. The van der Waals surface area contributed by atoms with Crippen LogP contribution in [0.4, 0.5) is 5.69 Å². The van der Waals surface area contributed by atoms with Gasteiger partial charge in [-0.1, -0.05) is 35.9 Å². The molecule has 0 atom stereocenters. The van der Waals surface area contributed by atoms with Gasteiger partial charge in [-0.05, 0) is 38.0 Å². The number of benzene rings is 2. The molecule has 2 rings (SSSR count). The molecule has 0 aromatic heterocycles. The number of carbonyl (C=O) groups is 1. The number of sulfonamides is 1. The molecule has 0 aliphatic carbocycles. The molecule has 152 valence electrons. The van der Waals surface area contributed by atoms with Crippen LogP contribution < -0.4 is 9.04 Å². The SMILES string of the molecule is COc1ccccc1CN(C)C(=O)CN(c1c(C)cc(C)cc1C)S(C)(=O)=O. The van der Waals surface area contributed by atoms with Crippen molar-refractivity contribution in [2.45, 2.75) is 27.3 Å². The smallest absolute Gasteiger partial charge is 0.243 e. The summed E-state index contributed by atoms with van der Waals surface area (Å²) in [6, 6.07) is 11.3. The Kier molecular flexibility index (Phi) is 6.72. The van der Waals surface area contributed by atoms with Crippen molar-refractivity contribution in [3.63, 3.8) is 0 Å². The fourth-order valence-corrected chi connectivity index (χ4v) is 4.31. The fourth-order valence-electron chi connectivity index (χ4n) is 3.35. The highest BCUT2D eigenvalue weighted by Gasteiger charge is 2.26. The normalized spacial score (nSPS) is 11.2. The molecule has 2 aromatic rings. The van der Waals surface area contributed by atoms with Gasteiger partial charge >= 0.3 is 0 Å². The maximum absolute atomic E-state index is 12.8. The second kappa shape index (κ2) is 8.65. The predicted molar refractivity (Wildman–Crippen MR) is 112 cm³/mol. The summed E-state index contributed by atoms with van der Waals surface area (Å²) in [6.45, 7) is 5.75. The molecule has 0 unspecified atom stereocenters. The van der Waals surface area contributed by atoms with Gasteiger partial charge in [0.25, 0.3) is 0 Å². The van der Waals surface area contributed by atoms with Crippen molar-refractivity contribution in [2.24, 2.45) is 0 Å². The molecule has 1 amide bonds. The molecule has 0 aliphatic rings. The molecule has 0 fully saturated rings. The first-order valence-corrected chi connectivity index (χ1v) is 10.8. The standard InChI is InChI=1S/C21H28N2O4S/c1-15-11-16(2)21(17(3)12-15)23(28(6,25)26)14-20(24)22(4)13-18-9-7-8-10-19(18)27-5/h7-12H,13-14H2,1-6H3. The summed E-state index contributed by atoms with van der Waals surface area (Å²) < 4.78 is 31.5. The van der Waals surface area contributed by atoms with Crippen molar-refractivity contribution < 1.29 is 17.9 Å². The van der Waals surface area contributed by atoms with E-state index in [0.29, 0.717) is 18.0 Å². The van der Waals surface area contributed by atoms with Gasteiger partial charge < -0.3 is 9.64 Å². The van der Waals surface area contributed by atoms with Crippen LogP contribution in [0.3, 0.4) is 0 Å². The fraction of sp³-hybridized carbons (Fsp3) is 0.381. The van der Waals surface area contributed by atoms with E-state index in [9.17, 15) is 13.2 Å². The molecule has 0 radical (unpaired) electrons. The minimum absolute atomic E-state index is 0.255. The van der Waals surface area contributed by atoms with Crippen LogP contribution in [0.15, 0.2) is 36.4 Å². The van der Waals surface area contributed by atoms with Gasteiger partial charge in [-0.2, -0.15) is 0 Å². The van der Waals surface area contributed by atoms with E-state index in [2.05, 4.69) is 0 Å². The van der Waals surface area contributed by atoms with Gasteiger partial charge in [-0.25, -0.2) is 8.42 Å². The lowest BCUT2D eigenvalue weighted by molar-refractivity contribution is -0.128. The van der Waals surface area contributed by atoms with Crippen LogP contribution in [0.25, 0.3) is 0 Å². The van der Waals surface area contributed by atoms with Gasteiger partial charge in [0.1, 0.15) is 12.3 Å². The first-order valence-electron chi connectivity index (χ1n) is 8.96. The number of nitrogens with zero attached hydrogens (tertiary/aromatic N) is 2. The van der Waals surface area contributed by atoms with Crippen LogP contribution >= 0.6 is 0 Å². The molecule has 2 aromatic carbocycles. The molecule has 0 N–H and O–H groups in total. The van der Waals surface area contributed by atoms with E-state index in [1.54, 1.807) is 14.2 Å². The largest absolute Gasteiger partial charge is 0.496 e. The summed E-state index contributed by atoms with van der Waals surface area (Å²) in [7, 11) is -0.394. The third-order valence-corrected chi connectivity index (χ3v) is 5.70. The number of rotatable bonds is 7. The number of carbonyl (C=O) groups excluding carboxylic acids is 1. The number of likely N-dealkylation sites (N-methyl/N-ethyl adjacent to an activating group) is 1. The molecule has 0 aliphatic heterocycles. The number of anilines is 1. The van der Waals surface area contributed by atoms with Gasteiger partial charge in [-0.15, -0.1) is 0 Å². The Morgan fingerprint density at radius 1 is 1.07 bits per heavy atom. The monoisotopic (exact) mass is 404 g/mol. The Morgan fingerprint density at radius 2 is 1.64 bits per heavy atom. The lowest BCUT2D eigenvalue weighted by Gasteiger charge is -2.28. The molecule has 0 spiro atoms. The van der Waals surface area contributed by atoms with Crippen molar-refractivity contribution in [1.29, 1.82) is 0 Å². The van der Waals surface area contributed by atoms with Crippen molar-refractivity contribution in [3.8, 4) is 5.75 Å². The molecule has 0 bridgehead atoms. The quantitative estimate of drug-likeness (QED) is 0.711. The van der Waals surface area contributed by atoms with Crippen molar-refractivity contribution in [3.05, 3.63) is 58.7 Å². The van der Waals surface area contributed by atoms with E-state index in [1.807, 2.05) is 57.2 Å². The van der Waals surface area contributed by atoms with Crippen LogP contribution in [0.1, 0.15) is 22.3 Å². The van der Waals surface area contributed by atoms with Gasteiger partial charge in [0.15, 0.2) is 0 Å². The first-order chi connectivity index (χ1) is 13.0. The minimum Gasteiger partial charge on any atom is -0.496 e. The summed E-state index contributed by atoms with van der Waals surface area (Å²) in [4.78, 5) is 14.4. The average Bonchev–Trinajstić information content (AvgIpc) is 2.59. The number of amides is 1. The van der Waals surface area contributed by atoms with Crippen LogP contribution in [0.5, 0.6) is 5.75 Å². The van der Waals surface area contributed by atoms with E-state index in [1.165, 1.54) is 9.21 Å². The van der Waals surface area contributed by atoms with E-state index >= 15 is 0 Å². The molecule has 6 nitrogen and oxygen atoms in total. The molecule has 7 heteroatoms. The number of aryl methyl sites for hydroxylation is 3. The molecule has 28 heavy (non-hydrogen) atoms. The van der Waals surface area contributed by atoms with E-state index in [4.69, 9.17) is 4.74 Å². The number of methoxy groups -OCH3 is 1. The van der Waals surface area contributed by atoms with Crippen LogP contribution in [0, 0.1) is 20.8 Å². The van der Waals surface area contributed by atoms with E-state index in [-0.39, 0.29) is 12.5 Å². The molecule has 0 heterocycles. The topological polar surface area (TPSA) is 66.9 Å². The van der Waals surface area contributed by atoms with Crippen molar-refractivity contribution >= 4 is 21.6 Å². The zero-order valence-corrected chi connectivity index (χ0v) is 18.1. The van der Waals surface area contributed by atoms with Gasteiger partial charge in [0, 0.05) is 19.2 Å². The Labute approximate surface area is 167 Å². The summed E-state index contributed by atoms with van der Waals surface area (Å²) in [6.07, 6.45) is 1.12. The molecular formula is C21H28N2O4S. The second-order valence-electron chi connectivity index (χ2n) is 7.08. The predicted octanol–water partition coefficient (Wildman–Crippen LogP) is 3.05. The summed E-state index contributed by atoms with van der Waals surface area (Å²) in [5.74, 6) is 0.392. The summed E-state index contributed by atoms with van der Waals surface area (Å²) in [5, 5.41) is 0. The zero-order chi connectivity index (χ0) is 21.1. The van der Waals surface area contributed by atoms with Gasteiger partial charge in [-0.3, -0.25) is 9.10 Å². The third kappa shape index (κ3) is 5.04. The number of hydrogen-bond acceptors (Lipinski definition) is 4. The lowest BCUT2D eigenvalue weighted by atomic mass is 10.1. The highest BCUT2D eigenvalue weighted by atomic mass is 32.2. The Balaban J connectivity index is 2.29. The van der Waals surface area contributed by atoms with Crippen LogP contribution in [-0.4, -0.2) is 46.2 Å². The summed E-state index contributed by atoms with van der Waals surface area (Å²) in [5.41, 5.74) is 4.11. The molecule has 0 saturated carbocycles. The number of para-hydroxylation sites is 1. The highest BCUT2D eigenvalue weighted by molar-refractivity contribution is 7.92. The van der Waals surface area contributed by atoms with Crippen LogP contribution in [0.2, 0.25) is 0 Å². The Hall–Kier alpha value is -2.54. The van der Waals surface area contributed by atoms with Crippen LogP contribution in [-0.2, 0) is 21.4 Å². The third-order valence-electron chi connectivity index (χ3n) is 4.59. The Morgan fingerprint density at radius 3 is 2.18 bits per heavy atom. The van der Waals surface area contributed by atoms with Crippen molar-refractivity contribution in [1.82, 2.24) is 4.90 Å². The summed E-state index contributed by atoms with van der Waals surface area (Å²) >= 11 is 0. The van der Waals surface area contributed by atoms with Gasteiger partial charge in [0.2, 0.25) is 15.9 Å².